The predicted octanol–water partition coefficient (Wildman–Crippen LogP) is 2.22. The van der Waals surface area contributed by atoms with Crippen LogP contribution in [0.1, 0.15) is 5.69 Å². The molecular formula is C5H5NO2S2. The Morgan fingerprint density at radius 2 is 2.60 bits per heavy atom. The van der Waals surface area contributed by atoms with E-state index in [1.165, 1.54) is 11.3 Å². The van der Waals surface area contributed by atoms with Gasteiger partial charge in [0.05, 0.1) is 0 Å². The number of thiazole rings is 1. The van der Waals surface area contributed by atoms with Gasteiger partial charge in [0, 0.05) is 22.8 Å². The van der Waals surface area contributed by atoms with E-state index in [2.05, 4.69) is 4.98 Å². The van der Waals surface area contributed by atoms with E-state index >= 15 is 0 Å². The lowest BCUT2D eigenvalue weighted by Gasteiger charge is -1.83. The van der Waals surface area contributed by atoms with E-state index < -0.39 is 5.30 Å². The van der Waals surface area contributed by atoms with Crippen LogP contribution in [0.25, 0.3) is 0 Å². The average molecular weight is 175 g/mol. The first-order valence-electron chi connectivity index (χ1n) is 2.51. The van der Waals surface area contributed by atoms with Crippen molar-refractivity contribution in [2.24, 2.45) is 0 Å². The van der Waals surface area contributed by atoms with Crippen molar-refractivity contribution in [3.05, 3.63) is 11.1 Å². The van der Waals surface area contributed by atoms with Crippen LogP contribution in [-0.2, 0) is 0 Å². The third kappa shape index (κ3) is 2.00. The van der Waals surface area contributed by atoms with Crippen molar-refractivity contribution < 1.29 is 9.90 Å². The van der Waals surface area contributed by atoms with E-state index in [4.69, 9.17) is 5.11 Å². The molecule has 1 N–H and O–H groups in total. The molecule has 0 unspecified atom stereocenters. The Hall–Kier alpha value is -0.550. The van der Waals surface area contributed by atoms with Crippen LogP contribution in [0.4, 0.5) is 4.79 Å². The summed E-state index contributed by atoms with van der Waals surface area (Å²) >= 11 is 2.09. The van der Waals surface area contributed by atoms with Crippen molar-refractivity contribution in [2.75, 3.05) is 0 Å². The predicted molar refractivity (Wildman–Crippen MR) is 40.7 cm³/mol. The van der Waals surface area contributed by atoms with Crippen LogP contribution in [0.5, 0.6) is 0 Å². The first-order valence-corrected chi connectivity index (χ1v) is 4.21. The minimum absolute atomic E-state index is 0.588. The Bertz CT molecular complexity index is 246. The smallest absolute Gasteiger partial charge is 0.372 e. The number of rotatable bonds is 1. The molecule has 0 saturated carbocycles. The SMILES string of the molecule is Cc1csc(SC(=O)O)n1. The second-order valence-corrected chi connectivity index (χ2v) is 3.68. The van der Waals surface area contributed by atoms with E-state index in [-0.39, 0.29) is 0 Å². The van der Waals surface area contributed by atoms with Crippen LogP contribution in [-0.4, -0.2) is 15.4 Å². The molecule has 0 aliphatic heterocycles. The van der Waals surface area contributed by atoms with Gasteiger partial charge in [0.1, 0.15) is 0 Å². The van der Waals surface area contributed by atoms with Crippen molar-refractivity contribution in [3.63, 3.8) is 0 Å². The van der Waals surface area contributed by atoms with Gasteiger partial charge < -0.3 is 5.11 Å². The molecule has 1 rings (SSSR count). The van der Waals surface area contributed by atoms with Gasteiger partial charge in [-0.25, -0.2) is 9.78 Å². The zero-order chi connectivity index (χ0) is 7.56. The third-order valence-corrected chi connectivity index (χ3v) is 2.50. The lowest BCUT2D eigenvalue weighted by atomic mass is 10.6. The number of nitrogens with zero attached hydrogens (tertiary/aromatic N) is 1. The minimum Gasteiger partial charge on any atom is -0.473 e. The summed E-state index contributed by atoms with van der Waals surface area (Å²) < 4.78 is 0.588. The highest BCUT2D eigenvalue weighted by molar-refractivity contribution is 8.14. The van der Waals surface area contributed by atoms with E-state index in [1.54, 1.807) is 0 Å². The zero-order valence-corrected chi connectivity index (χ0v) is 6.83. The average Bonchev–Trinajstić information content (AvgIpc) is 2.13. The Balaban J connectivity index is 2.67. The Morgan fingerprint density at radius 1 is 1.90 bits per heavy atom. The van der Waals surface area contributed by atoms with Gasteiger partial charge in [0.15, 0.2) is 4.34 Å². The largest absolute Gasteiger partial charge is 0.473 e. The lowest BCUT2D eigenvalue weighted by Crippen LogP contribution is -1.81. The summed E-state index contributed by atoms with van der Waals surface area (Å²) in [5.41, 5.74) is 0.869. The fourth-order valence-electron chi connectivity index (χ4n) is 0.454. The number of carboxylic acid groups (broad SMARTS) is 1. The van der Waals surface area contributed by atoms with Crippen LogP contribution >= 0.6 is 23.1 Å². The van der Waals surface area contributed by atoms with Gasteiger partial charge in [-0.2, -0.15) is 0 Å². The maximum atomic E-state index is 10.1. The summed E-state index contributed by atoms with van der Waals surface area (Å²) in [6.45, 7) is 1.84. The van der Waals surface area contributed by atoms with Crippen molar-refractivity contribution >= 4 is 28.4 Å². The minimum atomic E-state index is -0.908. The second kappa shape index (κ2) is 3.03. The molecule has 3 nitrogen and oxygen atoms in total. The molecule has 0 aliphatic rings. The van der Waals surface area contributed by atoms with Crippen LogP contribution in [0, 0.1) is 6.92 Å². The van der Waals surface area contributed by atoms with Gasteiger partial charge in [-0.15, -0.1) is 11.3 Å². The maximum Gasteiger partial charge on any atom is 0.372 e. The summed E-state index contributed by atoms with van der Waals surface area (Å²) in [6.07, 6.45) is 0. The van der Waals surface area contributed by atoms with Gasteiger partial charge >= 0.3 is 5.30 Å². The van der Waals surface area contributed by atoms with Gasteiger partial charge in [-0.1, -0.05) is 0 Å². The molecule has 0 aliphatic carbocycles. The van der Waals surface area contributed by atoms with Crippen LogP contribution in [0.2, 0.25) is 0 Å². The number of aromatic nitrogens is 1. The highest BCUT2D eigenvalue weighted by Gasteiger charge is 2.03. The molecule has 0 radical (unpaired) electrons. The first kappa shape index (κ1) is 7.56. The summed E-state index contributed by atoms with van der Waals surface area (Å²) in [4.78, 5) is 14.1. The molecule has 1 aromatic heterocycles. The second-order valence-electron chi connectivity index (χ2n) is 1.62. The number of hydrogen-bond acceptors (Lipinski definition) is 4. The molecule has 0 fully saturated rings. The van der Waals surface area contributed by atoms with Crippen molar-refractivity contribution in [3.8, 4) is 0 Å². The zero-order valence-electron chi connectivity index (χ0n) is 5.20. The standard InChI is InChI=1S/C5H5NO2S2/c1-3-2-9-4(6-3)10-5(7)8/h2H,1H3,(H,7,8). The van der Waals surface area contributed by atoms with Gasteiger partial charge in [-0.3, -0.25) is 0 Å². The Kier molecular flexibility index (Phi) is 2.29. The van der Waals surface area contributed by atoms with Gasteiger partial charge in [0.2, 0.25) is 0 Å². The van der Waals surface area contributed by atoms with Crippen LogP contribution in [0.15, 0.2) is 9.72 Å². The highest BCUT2D eigenvalue weighted by Crippen LogP contribution is 2.22. The molecule has 0 spiro atoms. The van der Waals surface area contributed by atoms with Gasteiger partial charge in [-0.05, 0) is 6.92 Å². The summed E-state index contributed by atoms with van der Waals surface area (Å²) in [5.74, 6) is 0. The molecule has 0 saturated heterocycles. The van der Waals surface area contributed by atoms with Crippen molar-refractivity contribution in [1.82, 2.24) is 4.98 Å². The monoisotopic (exact) mass is 175 g/mol. The third-order valence-electron chi connectivity index (χ3n) is 0.773. The molecule has 54 valence electrons. The fourth-order valence-corrected chi connectivity index (χ4v) is 1.86. The highest BCUT2D eigenvalue weighted by atomic mass is 32.2. The van der Waals surface area contributed by atoms with Crippen LogP contribution in [0.3, 0.4) is 0 Å². The maximum absolute atomic E-state index is 10.1. The number of aryl methyl sites for hydroxylation is 1. The topological polar surface area (TPSA) is 50.2 Å². The molecule has 0 bridgehead atoms. The molecule has 0 aromatic carbocycles. The first-order chi connectivity index (χ1) is 4.68. The molecule has 5 heteroatoms. The van der Waals surface area contributed by atoms with E-state index in [0.717, 1.165) is 17.5 Å². The van der Waals surface area contributed by atoms with E-state index in [0.29, 0.717) is 4.34 Å². The number of thioether (sulfide) groups is 1. The number of hydrogen-bond donors (Lipinski definition) is 1. The van der Waals surface area contributed by atoms with Crippen molar-refractivity contribution in [1.29, 1.82) is 0 Å². The summed E-state index contributed by atoms with van der Waals surface area (Å²) in [6, 6.07) is 0. The summed E-state index contributed by atoms with van der Waals surface area (Å²) in [5, 5.41) is 9.22. The Morgan fingerprint density at radius 3 is 3.00 bits per heavy atom. The van der Waals surface area contributed by atoms with E-state index in [1.807, 2.05) is 12.3 Å². The molecule has 1 heterocycles. The quantitative estimate of drug-likeness (QED) is 0.665. The lowest BCUT2D eigenvalue weighted by molar-refractivity contribution is 0.222. The molecule has 10 heavy (non-hydrogen) atoms. The molecule has 0 atom stereocenters. The Labute approximate surface area is 66.1 Å². The molecule has 1 aromatic rings. The van der Waals surface area contributed by atoms with Crippen LogP contribution < -0.4 is 0 Å². The van der Waals surface area contributed by atoms with Crippen molar-refractivity contribution in [2.45, 2.75) is 11.3 Å². The number of carbonyl (C=O) groups is 1. The normalized spacial score (nSPS) is 9.70. The summed E-state index contributed by atoms with van der Waals surface area (Å²) in [7, 11) is 0. The molecule has 0 amide bonds. The fraction of sp³-hybridized carbons (Fsp3) is 0.200. The van der Waals surface area contributed by atoms with Gasteiger partial charge in [0.25, 0.3) is 0 Å². The molecular weight excluding hydrogens is 170 g/mol. The van der Waals surface area contributed by atoms with E-state index in [9.17, 15) is 4.79 Å².